The highest BCUT2D eigenvalue weighted by Gasteiger charge is 2.22. The van der Waals surface area contributed by atoms with E-state index in [9.17, 15) is 12.8 Å². The quantitative estimate of drug-likeness (QED) is 0.408. The molecule has 0 saturated heterocycles. The summed E-state index contributed by atoms with van der Waals surface area (Å²) in [4.78, 5) is 3.90. The minimum Gasteiger partial charge on any atom is -0.355 e. The lowest BCUT2D eigenvalue weighted by Crippen LogP contribution is -2.42. The van der Waals surface area contributed by atoms with E-state index in [1.165, 1.54) is 0 Å². The van der Waals surface area contributed by atoms with Gasteiger partial charge in [-0.15, -0.1) is 0 Å². The van der Waals surface area contributed by atoms with Crippen LogP contribution in [-0.2, 0) is 10.0 Å². The summed E-state index contributed by atoms with van der Waals surface area (Å²) in [5, 5.41) is 6.05. The number of benzene rings is 1. The Bertz CT molecular complexity index is 662. The first-order chi connectivity index (χ1) is 10.4. The fraction of sp³-hybridized carbons (Fsp3) is 0.462. The van der Waals surface area contributed by atoms with Gasteiger partial charge in [0.25, 0.3) is 0 Å². The lowest BCUT2D eigenvalue weighted by molar-refractivity contribution is 0.579. The smallest absolute Gasteiger partial charge is 0.242 e. The Morgan fingerprint density at radius 3 is 2.73 bits per heavy atom. The van der Waals surface area contributed by atoms with Crippen molar-refractivity contribution in [1.82, 2.24) is 15.4 Å². The van der Waals surface area contributed by atoms with Crippen molar-refractivity contribution < 1.29 is 12.8 Å². The van der Waals surface area contributed by atoms with Crippen LogP contribution in [0, 0.1) is 5.82 Å². The molecule has 3 N–H and O–H groups in total. The number of hydrogen-bond acceptors (Lipinski definition) is 3. The summed E-state index contributed by atoms with van der Waals surface area (Å²) in [5.41, 5.74) is 0. The highest BCUT2D eigenvalue weighted by Crippen LogP contribution is 2.21. The zero-order chi connectivity index (χ0) is 16.2. The summed E-state index contributed by atoms with van der Waals surface area (Å²) in [5.74, 6) is 0.0575. The third kappa shape index (κ3) is 4.82. The first-order valence-electron chi connectivity index (χ1n) is 6.84. The highest BCUT2D eigenvalue weighted by molar-refractivity contribution is 7.89. The van der Waals surface area contributed by atoms with Crippen LogP contribution in [0.2, 0.25) is 5.02 Å². The molecule has 22 heavy (non-hydrogen) atoms. The molecule has 0 atom stereocenters. The molecule has 0 bridgehead atoms. The van der Waals surface area contributed by atoms with Crippen molar-refractivity contribution in [3.05, 3.63) is 29.0 Å². The van der Waals surface area contributed by atoms with Crippen molar-refractivity contribution in [1.29, 1.82) is 0 Å². The van der Waals surface area contributed by atoms with Crippen molar-refractivity contribution in [3.8, 4) is 0 Å². The number of guanidine groups is 1. The number of nitrogens with zero attached hydrogens (tertiary/aromatic N) is 1. The minimum absolute atomic E-state index is 0.143. The molecule has 0 aromatic heterocycles. The minimum atomic E-state index is -3.77. The second-order valence-electron chi connectivity index (χ2n) is 4.89. The van der Waals surface area contributed by atoms with E-state index in [1.54, 1.807) is 7.05 Å². The summed E-state index contributed by atoms with van der Waals surface area (Å²) in [6.45, 7) is 0.520. The zero-order valence-corrected chi connectivity index (χ0v) is 13.6. The van der Waals surface area contributed by atoms with Crippen LogP contribution in [0.25, 0.3) is 0 Å². The van der Waals surface area contributed by atoms with Gasteiger partial charge in [0.05, 0.1) is 5.02 Å². The van der Waals surface area contributed by atoms with Gasteiger partial charge in [0.15, 0.2) is 5.96 Å². The monoisotopic (exact) mass is 348 g/mol. The van der Waals surface area contributed by atoms with E-state index in [0.29, 0.717) is 18.5 Å². The first kappa shape index (κ1) is 17.0. The normalized spacial score (nSPS) is 15.7. The van der Waals surface area contributed by atoms with E-state index in [-0.39, 0.29) is 16.5 Å². The van der Waals surface area contributed by atoms with Gasteiger partial charge in [-0.05, 0) is 31.0 Å². The van der Waals surface area contributed by atoms with Gasteiger partial charge in [0.2, 0.25) is 10.0 Å². The molecule has 6 nitrogen and oxygen atoms in total. The van der Waals surface area contributed by atoms with Gasteiger partial charge in [-0.1, -0.05) is 11.6 Å². The zero-order valence-electron chi connectivity index (χ0n) is 12.1. The Labute approximate surface area is 134 Å². The number of sulfonamides is 1. The van der Waals surface area contributed by atoms with E-state index >= 15 is 0 Å². The molecule has 0 aliphatic heterocycles. The number of rotatable bonds is 6. The Morgan fingerprint density at radius 1 is 1.41 bits per heavy atom. The molecule has 1 aliphatic carbocycles. The summed E-state index contributed by atoms with van der Waals surface area (Å²) in [6, 6.07) is 3.62. The van der Waals surface area contributed by atoms with Gasteiger partial charge in [0.1, 0.15) is 10.7 Å². The van der Waals surface area contributed by atoms with Crippen molar-refractivity contribution in [2.75, 3.05) is 20.1 Å². The second-order valence-corrected chi connectivity index (χ2v) is 7.03. The summed E-state index contributed by atoms with van der Waals surface area (Å²) in [7, 11) is -2.12. The first-order valence-corrected chi connectivity index (χ1v) is 8.70. The van der Waals surface area contributed by atoms with Crippen LogP contribution in [0.3, 0.4) is 0 Å². The van der Waals surface area contributed by atoms with Gasteiger partial charge < -0.3 is 10.6 Å². The summed E-state index contributed by atoms with van der Waals surface area (Å²) >= 11 is 5.76. The maximum Gasteiger partial charge on any atom is 0.242 e. The molecule has 1 fully saturated rings. The molecule has 9 heteroatoms. The molecule has 1 aromatic rings. The molecule has 2 rings (SSSR count). The van der Waals surface area contributed by atoms with Crippen molar-refractivity contribution in [3.63, 3.8) is 0 Å². The molecule has 0 spiro atoms. The standard InChI is InChI=1S/C13H18ClFN4O2S/c1-16-13(19-10-3-4-10)17-6-7-18-22(20,21)12-5-2-9(15)8-11(12)14/h2,5,8,10,18H,3-4,6-7H2,1H3,(H2,16,17,19). The average Bonchev–Trinajstić information content (AvgIpc) is 3.25. The maximum atomic E-state index is 12.9. The predicted molar refractivity (Wildman–Crippen MR) is 84.1 cm³/mol. The summed E-state index contributed by atoms with van der Waals surface area (Å²) < 4.78 is 39.5. The molecular weight excluding hydrogens is 331 g/mol. The fourth-order valence-corrected chi connectivity index (χ4v) is 3.31. The lowest BCUT2D eigenvalue weighted by Gasteiger charge is -2.12. The van der Waals surface area contributed by atoms with E-state index in [4.69, 9.17) is 11.6 Å². The van der Waals surface area contributed by atoms with Gasteiger partial charge in [-0.25, -0.2) is 17.5 Å². The van der Waals surface area contributed by atoms with Gasteiger partial charge in [-0.3, -0.25) is 4.99 Å². The van der Waals surface area contributed by atoms with E-state index in [0.717, 1.165) is 31.0 Å². The molecule has 1 aliphatic rings. The lowest BCUT2D eigenvalue weighted by atomic mass is 10.3. The molecule has 0 unspecified atom stereocenters. The second kappa shape index (κ2) is 7.26. The van der Waals surface area contributed by atoms with Crippen molar-refractivity contribution >= 4 is 27.6 Å². The Kier molecular flexibility index (Phi) is 5.60. The Balaban J connectivity index is 1.84. The number of hydrogen-bond donors (Lipinski definition) is 3. The van der Waals surface area contributed by atoms with Gasteiger partial charge in [0, 0.05) is 26.2 Å². The molecule has 1 aromatic carbocycles. The molecule has 0 amide bonds. The molecule has 0 radical (unpaired) electrons. The van der Waals surface area contributed by atoms with Crippen molar-refractivity contribution in [2.24, 2.45) is 4.99 Å². The van der Waals surface area contributed by atoms with Crippen LogP contribution in [0.1, 0.15) is 12.8 Å². The third-order valence-corrected chi connectivity index (χ3v) is 4.98. The van der Waals surface area contributed by atoms with Crippen LogP contribution in [0.4, 0.5) is 4.39 Å². The summed E-state index contributed by atoms with van der Waals surface area (Å²) in [6.07, 6.45) is 2.24. The number of aliphatic imine (C=N–C) groups is 1. The topological polar surface area (TPSA) is 82.6 Å². The van der Waals surface area contributed by atoms with E-state index < -0.39 is 15.8 Å². The van der Waals surface area contributed by atoms with Crippen LogP contribution in [0.5, 0.6) is 0 Å². The van der Waals surface area contributed by atoms with Crippen LogP contribution >= 0.6 is 11.6 Å². The Morgan fingerprint density at radius 2 is 2.14 bits per heavy atom. The highest BCUT2D eigenvalue weighted by atomic mass is 35.5. The van der Waals surface area contributed by atoms with Gasteiger partial charge >= 0.3 is 0 Å². The molecule has 1 saturated carbocycles. The van der Waals surface area contributed by atoms with E-state index in [2.05, 4.69) is 20.3 Å². The fourth-order valence-electron chi connectivity index (χ4n) is 1.75. The van der Waals surface area contributed by atoms with Crippen molar-refractivity contribution in [2.45, 2.75) is 23.8 Å². The number of halogens is 2. The van der Waals surface area contributed by atoms with Crippen LogP contribution in [0.15, 0.2) is 28.1 Å². The molecule has 122 valence electrons. The molecular formula is C13H18ClFN4O2S. The predicted octanol–water partition coefficient (Wildman–Crippen LogP) is 1.08. The third-order valence-electron chi connectivity index (χ3n) is 3.03. The largest absolute Gasteiger partial charge is 0.355 e. The van der Waals surface area contributed by atoms with Gasteiger partial charge in [-0.2, -0.15) is 0 Å². The van der Waals surface area contributed by atoms with E-state index in [1.807, 2.05) is 0 Å². The Hall–Kier alpha value is -1.38. The SMILES string of the molecule is CN=C(NCCNS(=O)(=O)c1ccc(F)cc1Cl)NC1CC1. The maximum absolute atomic E-state index is 12.9. The number of nitrogens with one attached hydrogen (secondary N) is 3. The van der Waals surface area contributed by atoms with Crippen LogP contribution < -0.4 is 15.4 Å². The van der Waals surface area contributed by atoms with Crippen LogP contribution in [-0.4, -0.2) is 40.6 Å². The molecule has 0 heterocycles. The average molecular weight is 349 g/mol.